The molecule has 33 heavy (non-hydrogen) atoms. The van der Waals surface area contributed by atoms with E-state index in [1.54, 1.807) is 0 Å². The molecule has 1 saturated carbocycles. The van der Waals surface area contributed by atoms with Crippen molar-refractivity contribution in [1.82, 2.24) is 10.6 Å². The largest absolute Gasteiger partial charge is 0.479 e. The van der Waals surface area contributed by atoms with Crippen molar-refractivity contribution in [1.29, 1.82) is 0 Å². The lowest BCUT2D eigenvalue weighted by atomic mass is 9.74. The van der Waals surface area contributed by atoms with Gasteiger partial charge < -0.3 is 25.6 Å². The minimum atomic E-state index is -1.51. The van der Waals surface area contributed by atoms with Gasteiger partial charge in [0.2, 0.25) is 5.91 Å². The number of amides is 2. The van der Waals surface area contributed by atoms with E-state index in [0.717, 1.165) is 28.7 Å². The van der Waals surface area contributed by atoms with Gasteiger partial charge in [-0.2, -0.15) is 0 Å². The van der Waals surface area contributed by atoms with Crippen LogP contribution < -0.4 is 10.6 Å². The summed E-state index contributed by atoms with van der Waals surface area (Å²) in [4.78, 5) is 35.6. The van der Waals surface area contributed by atoms with Gasteiger partial charge in [-0.3, -0.25) is 4.79 Å². The number of aliphatic hydroxyl groups excluding tert-OH is 1. The number of benzene rings is 2. The number of carbonyl (C=O) groups is 3. The first-order valence-electron chi connectivity index (χ1n) is 11.2. The molecule has 0 aromatic heterocycles. The maximum absolute atomic E-state index is 12.6. The third-order valence-corrected chi connectivity index (χ3v) is 6.55. The highest BCUT2D eigenvalue weighted by Gasteiger charge is 2.41. The summed E-state index contributed by atoms with van der Waals surface area (Å²) in [5.41, 5.74) is 3.92. The molecule has 0 spiro atoms. The minimum Gasteiger partial charge on any atom is -0.479 e. The van der Waals surface area contributed by atoms with Crippen LogP contribution >= 0.6 is 0 Å². The summed E-state index contributed by atoms with van der Waals surface area (Å²) in [6.07, 6.45) is 0.181. The van der Waals surface area contributed by atoms with Crippen LogP contribution in [0.1, 0.15) is 49.1 Å². The molecular formula is C25H28N2O6. The monoisotopic (exact) mass is 452 g/mol. The topological polar surface area (TPSA) is 125 Å². The van der Waals surface area contributed by atoms with Crippen molar-refractivity contribution in [3.63, 3.8) is 0 Å². The van der Waals surface area contributed by atoms with Crippen LogP contribution in [0.15, 0.2) is 48.5 Å². The van der Waals surface area contributed by atoms with Gasteiger partial charge in [-0.15, -0.1) is 0 Å². The second-order valence-electron chi connectivity index (χ2n) is 8.75. The molecule has 0 aliphatic heterocycles. The van der Waals surface area contributed by atoms with Crippen LogP contribution in [-0.4, -0.2) is 53.0 Å². The minimum absolute atomic E-state index is 0.0375. The number of aliphatic carboxylic acids is 1. The van der Waals surface area contributed by atoms with Gasteiger partial charge in [0.15, 0.2) is 6.10 Å². The molecule has 0 bridgehead atoms. The molecular weight excluding hydrogens is 424 g/mol. The number of ether oxygens (including phenoxy) is 1. The smallest absolute Gasteiger partial charge is 0.407 e. The predicted molar refractivity (Wildman–Crippen MR) is 121 cm³/mol. The van der Waals surface area contributed by atoms with Gasteiger partial charge in [-0.05, 0) is 41.5 Å². The van der Waals surface area contributed by atoms with Crippen LogP contribution in [0.25, 0.3) is 11.1 Å². The predicted octanol–water partition coefficient (Wildman–Crippen LogP) is 2.79. The molecule has 1 atom stereocenters. The van der Waals surface area contributed by atoms with E-state index < -0.39 is 23.7 Å². The normalized spacial score (nSPS) is 16.6. The molecule has 2 aromatic rings. The summed E-state index contributed by atoms with van der Waals surface area (Å²) in [6.45, 7) is 0.253. The Bertz CT molecular complexity index is 1000. The number of hydrogen-bond donors (Lipinski definition) is 4. The van der Waals surface area contributed by atoms with Gasteiger partial charge in [0.25, 0.3) is 0 Å². The van der Waals surface area contributed by atoms with Gasteiger partial charge in [0.1, 0.15) is 6.61 Å². The van der Waals surface area contributed by atoms with Crippen molar-refractivity contribution in [2.45, 2.75) is 49.7 Å². The van der Waals surface area contributed by atoms with Gasteiger partial charge in [-0.25, -0.2) is 9.59 Å². The number of hydrogen-bond acceptors (Lipinski definition) is 5. The molecule has 2 amide bonds. The Balaban J connectivity index is 1.31. The lowest BCUT2D eigenvalue weighted by Gasteiger charge is -2.41. The van der Waals surface area contributed by atoms with Crippen LogP contribution in [0.3, 0.4) is 0 Å². The number of carbonyl (C=O) groups excluding carboxylic acids is 2. The summed E-state index contributed by atoms with van der Waals surface area (Å²) < 4.78 is 5.61. The van der Waals surface area contributed by atoms with Gasteiger partial charge in [0.05, 0.1) is 5.54 Å². The Hall–Kier alpha value is -3.39. The molecule has 174 valence electrons. The second-order valence-corrected chi connectivity index (χ2v) is 8.75. The Morgan fingerprint density at radius 1 is 1.03 bits per heavy atom. The number of aliphatic hydroxyl groups is 1. The number of carboxylic acids is 1. The first-order chi connectivity index (χ1) is 15.9. The summed E-state index contributed by atoms with van der Waals surface area (Å²) in [5.74, 6) is -1.66. The Labute approximate surface area is 192 Å². The lowest BCUT2D eigenvalue weighted by molar-refractivity contribution is -0.147. The quantitative estimate of drug-likeness (QED) is 0.464. The fourth-order valence-electron chi connectivity index (χ4n) is 4.64. The van der Waals surface area contributed by atoms with Crippen molar-refractivity contribution in [3.05, 3.63) is 59.7 Å². The second kappa shape index (κ2) is 9.62. The molecule has 1 fully saturated rings. The van der Waals surface area contributed by atoms with Crippen LogP contribution in [0, 0.1) is 0 Å². The van der Waals surface area contributed by atoms with E-state index in [0.29, 0.717) is 12.8 Å². The average Bonchev–Trinajstić information content (AvgIpc) is 3.10. The Kier molecular flexibility index (Phi) is 6.65. The first-order valence-corrected chi connectivity index (χ1v) is 11.2. The van der Waals surface area contributed by atoms with Crippen LogP contribution in [0.2, 0.25) is 0 Å². The maximum Gasteiger partial charge on any atom is 0.407 e. The fraction of sp³-hybridized carbons (Fsp3) is 0.400. The molecule has 8 heteroatoms. The zero-order chi connectivity index (χ0) is 23.4. The highest BCUT2D eigenvalue weighted by molar-refractivity contribution is 5.80. The van der Waals surface area contributed by atoms with Crippen molar-refractivity contribution in [2.24, 2.45) is 0 Å². The Morgan fingerprint density at radius 3 is 2.18 bits per heavy atom. The fourth-order valence-corrected chi connectivity index (χ4v) is 4.64. The maximum atomic E-state index is 12.6. The van der Waals surface area contributed by atoms with Gasteiger partial charge in [0, 0.05) is 25.3 Å². The standard InChI is InChI=1S/C25H28N2O6/c28-21(23(30)31)10-13-26-22(29)14-25(11-5-12-25)27-24(32)33-15-20-18-8-3-1-6-16(18)17-7-2-4-9-19(17)20/h1-4,6-9,20-21,28H,5,10-15H2,(H,26,29)(H,27,32)(H,30,31). The van der Waals surface area contributed by atoms with E-state index in [1.165, 1.54) is 0 Å². The van der Waals surface area contributed by atoms with Crippen molar-refractivity contribution in [2.75, 3.05) is 13.2 Å². The van der Waals surface area contributed by atoms with E-state index >= 15 is 0 Å². The lowest BCUT2D eigenvalue weighted by Crippen LogP contribution is -2.56. The molecule has 0 heterocycles. The van der Waals surface area contributed by atoms with Crippen molar-refractivity contribution >= 4 is 18.0 Å². The molecule has 8 nitrogen and oxygen atoms in total. The average molecular weight is 453 g/mol. The number of nitrogens with one attached hydrogen (secondary N) is 2. The summed E-state index contributed by atoms with van der Waals surface area (Å²) in [5, 5.41) is 23.5. The molecule has 2 aliphatic carbocycles. The van der Waals surface area contributed by atoms with E-state index in [9.17, 15) is 19.5 Å². The zero-order valence-electron chi connectivity index (χ0n) is 18.3. The van der Waals surface area contributed by atoms with E-state index in [1.807, 2.05) is 24.3 Å². The van der Waals surface area contributed by atoms with E-state index in [2.05, 4.69) is 34.9 Å². The molecule has 1 unspecified atom stereocenters. The first kappa shape index (κ1) is 22.8. The molecule has 4 rings (SSSR count). The van der Waals surface area contributed by atoms with Gasteiger partial charge >= 0.3 is 12.1 Å². The van der Waals surface area contributed by atoms with Crippen LogP contribution in [-0.2, 0) is 14.3 Å². The van der Waals surface area contributed by atoms with Crippen molar-refractivity contribution in [3.8, 4) is 11.1 Å². The Morgan fingerprint density at radius 2 is 1.64 bits per heavy atom. The molecule has 2 aliphatic rings. The van der Waals surface area contributed by atoms with Crippen molar-refractivity contribution < 1.29 is 29.3 Å². The summed E-state index contributed by atoms with van der Waals surface area (Å²) >= 11 is 0. The summed E-state index contributed by atoms with van der Waals surface area (Å²) in [6, 6.07) is 16.2. The molecule has 0 radical (unpaired) electrons. The summed E-state index contributed by atoms with van der Waals surface area (Å²) in [7, 11) is 0. The highest BCUT2D eigenvalue weighted by Crippen LogP contribution is 2.44. The molecule has 4 N–H and O–H groups in total. The van der Waals surface area contributed by atoms with Crippen LogP contribution in [0.4, 0.5) is 4.79 Å². The number of fused-ring (bicyclic) bond motifs is 3. The number of carboxylic acid groups (broad SMARTS) is 1. The van der Waals surface area contributed by atoms with Gasteiger partial charge in [-0.1, -0.05) is 48.5 Å². The molecule has 2 aromatic carbocycles. The highest BCUT2D eigenvalue weighted by atomic mass is 16.5. The number of alkyl carbamates (subject to hydrolysis) is 1. The van der Waals surface area contributed by atoms with E-state index in [-0.39, 0.29) is 37.8 Å². The zero-order valence-corrected chi connectivity index (χ0v) is 18.3. The molecule has 0 saturated heterocycles. The number of rotatable bonds is 9. The van der Waals surface area contributed by atoms with E-state index in [4.69, 9.17) is 9.84 Å². The van der Waals surface area contributed by atoms with Crippen LogP contribution in [0.5, 0.6) is 0 Å². The third-order valence-electron chi connectivity index (χ3n) is 6.55. The third kappa shape index (κ3) is 5.01. The SMILES string of the molecule is O=C(CC1(NC(=O)OCC2c3ccccc3-c3ccccc32)CCC1)NCCC(O)C(=O)O.